The van der Waals surface area contributed by atoms with Gasteiger partial charge in [0, 0.05) is 28.6 Å². The van der Waals surface area contributed by atoms with Gasteiger partial charge in [-0.25, -0.2) is 9.97 Å². The van der Waals surface area contributed by atoms with Gasteiger partial charge in [0.2, 0.25) is 0 Å². The molecule has 0 amide bonds. The third-order valence-electron chi connectivity index (χ3n) is 6.41. The van der Waals surface area contributed by atoms with Gasteiger partial charge in [-0.3, -0.25) is 4.79 Å². The number of thioether (sulfide) groups is 2. The van der Waals surface area contributed by atoms with E-state index >= 15 is 0 Å². The number of esters is 1. The molecule has 6 heteroatoms. The number of ether oxygens (including phenoxy) is 1. The Morgan fingerprint density at radius 1 is 0.789 bits per heavy atom. The van der Waals surface area contributed by atoms with Gasteiger partial charge in [-0.15, -0.1) is 11.8 Å². The van der Waals surface area contributed by atoms with Crippen LogP contribution in [0.5, 0.6) is 0 Å². The summed E-state index contributed by atoms with van der Waals surface area (Å²) < 4.78 is 5.46. The number of benzene rings is 2. The van der Waals surface area contributed by atoms with E-state index in [0.717, 1.165) is 32.5 Å². The predicted molar refractivity (Wildman–Crippen MR) is 162 cm³/mol. The molecule has 0 bridgehead atoms. The molecule has 0 saturated heterocycles. The number of carbonyl (C=O) groups is 1. The number of hydrogen-bond donors (Lipinski definition) is 0. The van der Waals surface area contributed by atoms with E-state index in [9.17, 15) is 4.79 Å². The van der Waals surface area contributed by atoms with Crippen molar-refractivity contribution in [3.05, 3.63) is 72.6 Å². The van der Waals surface area contributed by atoms with Gasteiger partial charge in [-0.1, -0.05) is 119 Å². The highest BCUT2D eigenvalue weighted by atomic mass is 32.2. The van der Waals surface area contributed by atoms with Crippen LogP contribution in [0.1, 0.15) is 83.6 Å². The average Bonchev–Trinajstić information content (AvgIpc) is 2.96. The van der Waals surface area contributed by atoms with Crippen LogP contribution in [0.15, 0.2) is 77.0 Å². The van der Waals surface area contributed by atoms with Crippen LogP contribution < -0.4 is 0 Å². The molecule has 1 atom stereocenters. The van der Waals surface area contributed by atoms with Crippen LogP contribution in [-0.2, 0) is 16.1 Å². The van der Waals surface area contributed by atoms with E-state index in [0.29, 0.717) is 6.61 Å². The Balaban J connectivity index is 1.32. The zero-order valence-electron chi connectivity index (χ0n) is 22.9. The van der Waals surface area contributed by atoms with Crippen molar-refractivity contribution in [1.29, 1.82) is 0 Å². The molecule has 0 aliphatic heterocycles. The van der Waals surface area contributed by atoms with Crippen molar-refractivity contribution >= 4 is 29.5 Å². The van der Waals surface area contributed by atoms with Crippen molar-refractivity contribution in [2.24, 2.45) is 0 Å². The summed E-state index contributed by atoms with van der Waals surface area (Å²) in [4.78, 5) is 22.5. The largest absolute Gasteiger partial charge is 0.460 e. The number of hydrogen-bond acceptors (Lipinski definition) is 6. The summed E-state index contributed by atoms with van der Waals surface area (Å²) in [5.74, 6) is 0.871. The van der Waals surface area contributed by atoms with E-state index in [-0.39, 0.29) is 11.2 Å². The Morgan fingerprint density at radius 2 is 1.39 bits per heavy atom. The summed E-state index contributed by atoms with van der Waals surface area (Å²) in [6, 6.07) is 17.9. The molecular weight excluding hydrogens is 508 g/mol. The van der Waals surface area contributed by atoms with E-state index in [2.05, 4.69) is 29.0 Å². The summed E-state index contributed by atoms with van der Waals surface area (Å²) >= 11 is 3.25. The molecule has 1 aromatic heterocycles. The molecule has 3 rings (SSSR count). The van der Waals surface area contributed by atoms with Crippen LogP contribution in [0.25, 0.3) is 11.1 Å². The first kappa shape index (κ1) is 30.2. The van der Waals surface area contributed by atoms with Gasteiger partial charge in [-0.2, -0.15) is 0 Å². The maximum atomic E-state index is 12.4. The van der Waals surface area contributed by atoms with Gasteiger partial charge >= 0.3 is 5.97 Å². The van der Waals surface area contributed by atoms with Gasteiger partial charge in [0.15, 0.2) is 5.16 Å². The topological polar surface area (TPSA) is 52.1 Å². The lowest BCUT2D eigenvalue weighted by atomic mass is 10.1. The Morgan fingerprint density at radius 3 is 2.03 bits per heavy atom. The summed E-state index contributed by atoms with van der Waals surface area (Å²) in [7, 11) is 0. The van der Waals surface area contributed by atoms with E-state index in [1.807, 2.05) is 61.8 Å². The molecule has 3 aromatic rings. The number of aromatic nitrogens is 2. The molecule has 0 saturated carbocycles. The fourth-order valence-corrected chi connectivity index (χ4v) is 5.77. The Hall–Kier alpha value is -2.31. The molecule has 0 fully saturated rings. The lowest BCUT2D eigenvalue weighted by Gasteiger charge is -2.12. The van der Waals surface area contributed by atoms with Crippen molar-refractivity contribution in [2.75, 3.05) is 5.75 Å². The van der Waals surface area contributed by atoms with E-state index in [1.165, 1.54) is 76.0 Å². The lowest BCUT2D eigenvalue weighted by molar-refractivity contribution is -0.143. The van der Waals surface area contributed by atoms with Gasteiger partial charge in [0.05, 0.1) is 0 Å². The number of rotatable bonds is 18. The number of unbranched alkanes of at least 4 members (excludes halogenated alkanes) is 9. The molecule has 0 unspecified atom stereocenters. The first-order valence-corrected chi connectivity index (χ1v) is 15.9. The zero-order chi connectivity index (χ0) is 26.8. The quantitative estimate of drug-likeness (QED) is 0.0680. The Kier molecular flexibility index (Phi) is 14.4. The fourth-order valence-electron chi connectivity index (χ4n) is 4.12. The van der Waals surface area contributed by atoms with Crippen LogP contribution in [0, 0.1) is 0 Å². The molecule has 2 aromatic carbocycles. The van der Waals surface area contributed by atoms with Crippen molar-refractivity contribution in [3.8, 4) is 11.1 Å². The molecule has 38 heavy (non-hydrogen) atoms. The molecule has 0 N–H and O–H groups in total. The minimum Gasteiger partial charge on any atom is -0.460 e. The smallest absolute Gasteiger partial charge is 0.319 e. The highest BCUT2D eigenvalue weighted by Crippen LogP contribution is 2.28. The van der Waals surface area contributed by atoms with E-state index in [4.69, 9.17) is 4.74 Å². The van der Waals surface area contributed by atoms with Gasteiger partial charge in [0.25, 0.3) is 0 Å². The van der Waals surface area contributed by atoms with Crippen LogP contribution >= 0.6 is 23.5 Å². The Labute approximate surface area is 237 Å². The van der Waals surface area contributed by atoms with Gasteiger partial charge in [-0.05, 0) is 36.6 Å². The second kappa shape index (κ2) is 18.1. The third-order valence-corrected chi connectivity index (χ3v) is 8.47. The second-order valence-electron chi connectivity index (χ2n) is 9.66. The molecule has 4 nitrogen and oxygen atoms in total. The number of carbonyl (C=O) groups excluding carboxylic acids is 1. The SMILES string of the molecule is CCCCCCCCCCCCSc1ncc(-c2ccc(S[C@H](C)C(=O)OCc3ccccc3)cc2)cn1. The first-order chi connectivity index (χ1) is 18.7. The summed E-state index contributed by atoms with van der Waals surface area (Å²) in [5.41, 5.74) is 3.06. The third kappa shape index (κ3) is 11.6. The number of nitrogens with zero attached hydrogens (tertiary/aromatic N) is 2. The van der Waals surface area contributed by atoms with Gasteiger partial charge < -0.3 is 4.74 Å². The highest BCUT2D eigenvalue weighted by Gasteiger charge is 2.16. The van der Waals surface area contributed by atoms with Crippen molar-refractivity contribution in [2.45, 2.75) is 100.0 Å². The molecule has 0 aliphatic carbocycles. The van der Waals surface area contributed by atoms with Crippen molar-refractivity contribution in [3.63, 3.8) is 0 Å². The second-order valence-corrected chi connectivity index (χ2v) is 12.1. The minimum absolute atomic E-state index is 0.206. The van der Waals surface area contributed by atoms with E-state index < -0.39 is 0 Å². The van der Waals surface area contributed by atoms with Crippen LogP contribution in [0.3, 0.4) is 0 Å². The van der Waals surface area contributed by atoms with Crippen molar-refractivity contribution in [1.82, 2.24) is 9.97 Å². The standard InChI is InChI=1S/C32H42N2O2S2/c1-3-4-5-6-7-8-9-10-11-15-22-37-32-33-23-29(24-34-32)28-18-20-30(21-19-28)38-26(2)31(35)36-25-27-16-13-12-14-17-27/h12-14,16-21,23-24,26H,3-11,15,22,25H2,1-2H3/t26-/m1/s1. The zero-order valence-corrected chi connectivity index (χ0v) is 24.6. The van der Waals surface area contributed by atoms with Crippen LogP contribution in [0.2, 0.25) is 0 Å². The van der Waals surface area contributed by atoms with Gasteiger partial charge in [0.1, 0.15) is 11.9 Å². The minimum atomic E-state index is -0.278. The molecule has 204 valence electrons. The maximum absolute atomic E-state index is 12.4. The summed E-state index contributed by atoms with van der Waals surface area (Å²) in [5, 5.41) is 0.569. The molecular formula is C32H42N2O2S2. The average molecular weight is 551 g/mol. The fraction of sp³-hybridized carbons (Fsp3) is 0.469. The van der Waals surface area contributed by atoms with Crippen LogP contribution in [0.4, 0.5) is 0 Å². The van der Waals surface area contributed by atoms with E-state index in [1.54, 1.807) is 11.8 Å². The maximum Gasteiger partial charge on any atom is 0.319 e. The molecule has 0 radical (unpaired) electrons. The summed E-state index contributed by atoms with van der Waals surface area (Å²) in [6.07, 6.45) is 17.4. The summed E-state index contributed by atoms with van der Waals surface area (Å²) in [6.45, 7) is 4.46. The van der Waals surface area contributed by atoms with Crippen LogP contribution in [-0.4, -0.2) is 26.9 Å². The highest BCUT2D eigenvalue weighted by molar-refractivity contribution is 8.00. The lowest BCUT2D eigenvalue weighted by Crippen LogP contribution is -2.16. The predicted octanol–water partition coefficient (Wildman–Crippen LogP) is 9.38. The monoisotopic (exact) mass is 550 g/mol. The first-order valence-electron chi connectivity index (χ1n) is 14.1. The van der Waals surface area contributed by atoms with Crippen molar-refractivity contribution < 1.29 is 9.53 Å². The molecule has 0 spiro atoms. The molecule has 1 heterocycles. The Bertz CT molecular complexity index is 1040. The molecule has 0 aliphatic rings. The normalized spacial score (nSPS) is 11.8.